The molecule has 2 aromatic carbocycles. The maximum atomic E-state index is 11.5. The molecule has 0 aliphatic carbocycles. The van der Waals surface area contributed by atoms with Crippen LogP contribution < -0.4 is 9.80 Å². The van der Waals surface area contributed by atoms with E-state index in [9.17, 15) is 13.2 Å². The first kappa shape index (κ1) is 26.8. The van der Waals surface area contributed by atoms with Gasteiger partial charge in [-0.25, -0.2) is 8.42 Å². The molecule has 2 aliphatic heterocycles. The number of sulfonamides is 1. The molecule has 0 bridgehead atoms. The standard InChI is InChI=1S/C15H17N3O.C14H17N3O2S/c1-12(19)17-7-9-18(10-8-17)15-4-2-3-13-11-16-6-5-14(13)15;1-20(18,19)17-9-7-16(8-10-17)14-4-2-3-12-11-15-6-5-13(12)14/h2-6,11H,7-10H2,1H3;2-6,11H,7-10H2,1H3. The number of amides is 1. The van der Waals surface area contributed by atoms with E-state index in [0.29, 0.717) is 26.2 Å². The predicted octanol–water partition coefficient (Wildman–Crippen LogP) is 3.22. The van der Waals surface area contributed by atoms with Crippen molar-refractivity contribution in [3.05, 3.63) is 73.3 Å². The summed E-state index contributed by atoms with van der Waals surface area (Å²) in [5, 5.41) is 4.66. The third-order valence-corrected chi connectivity index (χ3v) is 8.73. The van der Waals surface area contributed by atoms with Crippen molar-refractivity contribution in [3.8, 4) is 0 Å². The number of hydrogen-bond acceptors (Lipinski definition) is 7. The molecule has 0 N–H and O–H groups in total. The summed E-state index contributed by atoms with van der Waals surface area (Å²) in [5.41, 5.74) is 2.39. The van der Waals surface area contributed by atoms with Crippen molar-refractivity contribution in [2.45, 2.75) is 6.92 Å². The number of piperazine rings is 2. The Balaban J connectivity index is 0.000000158. The monoisotopic (exact) mass is 546 g/mol. The van der Waals surface area contributed by atoms with Gasteiger partial charge in [-0.15, -0.1) is 0 Å². The van der Waals surface area contributed by atoms with Gasteiger partial charge < -0.3 is 14.7 Å². The first-order chi connectivity index (χ1) is 18.8. The van der Waals surface area contributed by atoms with Crippen molar-refractivity contribution < 1.29 is 13.2 Å². The van der Waals surface area contributed by atoms with E-state index in [1.807, 2.05) is 41.7 Å². The van der Waals surface area contributed by atoms with Gasteiger partial charge in [0.25, 0.3) is 0 Å². The van der Waals surface area contributed by atoms with Gasteiger partial charge in [0.15, 0.2) is 0 Å². The van der Waals surface area contributed by atoms with Crippen LogP contribution in [0.2, 0.25) is 0 Å². The summed E-state index contributed by atoms with van der Waals surface area (Å²) >= 11 is 0. The van der Waals surface area contributed by atoms with Crippen molar-refractivity contribution in [1.29, 1.82) is 0 Å². The number of rotatable bonds is 3. The number of carbonyl (C=O) groups excluding carboxylic acids is 1. The van der Waals surface area contributed by atoms with Crippen LogP contribution in [0.15, 0.2) is 73.3 Å². The van der Waals surface area contributed by atoms with E-state index in [1.54, 1.807) is 13.1 Å². The molecule has 0 unspecified atom stereocenters. The van der Waals surface area contributed by atoms with Gasteiger partial charge in [0.2, 0.25) is 15.9 Å². The Morgan fingerprint density at radius 2 is 1.15 bits per heavy atom. The van der Waals surface area contributed by atoms with E-state index in [-0.39, 0.29) is 5.91 Å². The minimum absolute atomic E-state index is 0.168. The fraction of sp³-hybridized carbons (Fsp3) is 0.345. The summed E-state index contributed by atoms with van der Waals surface area (Å²) in [5.74, 6) is 0.168. The average Bonchev–Trinajstić information content (AvgIpc) is 2.96. The second-order valence-corrected chi connectivity index (χ2v) is 11.9. The van der Waals surface area contributed by atoms with Crippen LogP contribution in [0.1, 0.15) is 6.92 Å². The van der Waals surface area contributed by atoms with Gasteiger partial charge in [0, 0.05) is 117 Å². The van der Waals surface area contributed by atoms with Crippen molar-refractivity contribution in [2.75, 3.05) is 68.4 Å². The van der Waals surface area contributed by atoms with Crippen LogP contribution in [0.4, 0.5) is 11.4 Å². The highest BCUT2D eigenvalue weighted by atomic mass is 32.2. The summed E-state index contributed by atoms with van der Waals surface area (Å²) < 4.78 is 24.6. The number of carbonyl (C=O) groups is 1. The lowest BCUT2D eigenvalue weighted by Gasteiger charge is -2.36. The summed E-state index contributed by atoms with van der Waals surface area (Å²) in [6.07, 6.45) is 8.64. The Morgan fingerprint density at radius 1 is 0.692 bits per heavy atom. The highest BCUT2D eigenvalue weighted by Gasteiger charge is 2.24. The lowest BCUT2D eigenvalue weighted by atomic mass is 10.1. The van der Waals surface area contributed by atoms with Crippen LogP contribution in [0.3, 0.4) is 0 Å². The molecule has 39 heavy (non-hydrogen) atoms. The average molecular weight is 547 g/mol. The van der Waals surface area contributed by atoms with Gasteiger partial charge in [-0.05, 0) is 24.3 Å². The number of anilines is 2. The molecule has 6 rings (SSSR count). The molecule has 2 aliphatic rings. The minimum atomic E-state index is -3.08. The number of fused-ring (bicyclic) bond motifs is 2. The number of hydrogen-bond donors (Lipinski definition) is 0. The van der Waals surface area contributed by atoms with Crippen LogP contribution in [-0.4, -0.2) is 92.1 Å². The Kier molecular flexibility index (Phi) is 7.94. The fourth-order valence-corrected chi connectivity index (χ4v) is 6.11. The van der Waals surface area contributed by atoms with E-state index in [2.05, 4.69) is 50.1 Å². The fourth-order valence-electron chi connectivity index (χ4n) is 5.29. The molecule has 0 radical (unpaired) electrons. The Morgan fingerprint density at radius 3 is 1.59 bits per heavy atom. The summed E-state index contributed by atoms with van der Waals surface area (Å²) in [6, 6.07) is 16.5. The zero-order valence-electron chi connectivity index (χ0n) is 22.4. The van der Waals surface area contributed by atoms with Gasteiger partial charge in [-0.2, -0.15) is 4.31 Å². The SMILES string of the molecule is CC(=O)N1CCN(c2cccc3cnccc23)CC1.CS(=O)(=O)N1CCN(c2cccc3cnccc23)CC1. The molecule has 4 heterocycles. The lowest BCUT2D eigenvalue weighted by Crippen LogP contribution is -2.48. The molecule has 0 spiro atoms. The number of nitrogens with zero attached hydrogens (tertiary/aromatic N) is 6. The van der Waals surface area contributed by atoms with E-state index in [1.165, 1.54) is 21.6 Å². The van der Waals surface area contributed by atoms with Crippen molar-refractivity contribution in [2.24, 2.45) is 0 Å². The molecule has 1 amide bonds. The largest absolute Gasteiger partial charge is 0.368 e. The number of benzene rings is 2. The van der Waals surface area contributed by atoms with Gasteiger partial charge >= 0.3 is 0 Å². The molecule has 9 nitrogen and oxygen atoms in total. The quantitative estimate of drug-likeness (QED) is 0.390. The smallest absolute Gasteiger partial charge is 0.219 e. The van der Waals surface area contributed by atoms with E-state index < -0.39 is 10.0 Å². The van der Waals surface area contributed by atoms with E-state index in [4.69, 9.17) is 0 Å². The maximum Gasteiger partial charge on any atom is 0.219 e. The van der Waals surface area contributed by atoms with Gasteiger partial charge in [-0.3, -0.25) is 14.8 Å². The maximum absolute atomic E-state index is 11.5. The molecular weight excluding hydrogens is 512 g/mol. The molecular formula is C29H34N6O3S. The molecule has 2 aromatic heterocycles. The highest BCUT2D eigenvalue weighted by molar-refractivity contribution is 7.88. The van der Waals surface area contributed by atoms with Crippen LogP contribution in [-0.2, 0) is 14.8 Å². The van der Waals surface area contributed by atoms with E-state index in [0.717, 1.165) is 48.0 Å². The van der Waals surface area contributed by atoms with Crippen molar-refractivity contribution >= 4 is 48.9 Å². The summed E-state index contributed by atoms with van der Waals surface area (Å²) in [7, 11) is -3.08. The molecule has 4 aromatic rings. The topological polar surface area (TPSA) is 90.0 Å². The molecule has 2 saturated heterocycles. The van der Waals surface area contributed by atoms with Gasteiger partial charge in [0.1, 0.15) is 0 Å². The van der Waals surface area contributed by atoms with Crippen LogP contribution in [0.25, 0.3) is 21.5 Å². The Hall–Kier alpha value is -3.76. The zero-order chi connectivity index (χ0) is 27.4. The molecule has 10 heteroatoms. The van der Waals surface area contributed by atoms with Crippen LogP contribution in [0.5, 0.6) is 0 Å². The van der Waals surface area contributed by atoms with Crippen molar-refractivity contribution in [3.63, 3.8) is 0 Å². The van der Waals surface area contributed by atoms with Crippen LogP contribution >= 0.6 is 0 Å². The third-order valence-electron chi connectivity index (χ3n) is 7.43. The summed E-state index contributed by atoms with van der Waals surface area (Å²) in [4.78, 5) is 26.1. The normalized spacial score (nSPS) is 16.7. The molecule has 2 fully saturated rings. The zero-order valence-corrected chi connectivity index (χ0v) is 23.2. The second-order valence-electron chi connectivity index (χ2n) is 9.89. The summed E-state index contributed by atoms with van der Waals surface area (Å²) in [6.45, 7) is 7.54. The number of pyridine rings is 2. The Bertz CT molecular complexity index is 1550. The third kappa shape index (κ3) is 6.12. The molecule has 0 saturated carbocycles. The van der Waals surface area contributed by atoms with E-state index >= 15 is 0 Å². The molecule has 0 atom stereocenters. The van der Waals surface area contributed by atoms with Crippen molar-refractivity contribution in [1.82, 2.24) is 19.2 Å². The lowest BCUT2D eigenvalue weighted by molar-refractivity contribution is -0.129. The highest BCUT2D eigenvalue weighted by Crippen LogP contribution is 2.28. The predicted molar refractivity (Wildman–Crippen MR) is 157 cm³/mol. The van der Waals surface area contributed by atoms with Crippen LogP contribution in [0, 0.1) is 0 Å². The molecule has 204 valence electrons. The number of aromatic nitrogens is 2. The Labute approximate surface area is 229 Å². The minimum Gasteiger partial charge on any atom is -0.368 e. The second kappa shape index (κ2) is 11.5. The van der Waals surface area contributed by atoms with Gasteiger partial charge in [0.05, 0.1) is 6.26 Å². The first-order valence-corrected chi connectivity index (χ1v) is 15.0. The van der Waals surface area contributed by atoms with Gasteiger partial charge in [-0.1, -0.05) is 24.3 Å². The first-order valence-electron chi connectivity index (χ1n) is 13.2.